The molecule has 0 spiro atoms. The first kappa shape index (κ1) is 25.4. The minimum absolute atomic E-state index is 0.0494. The molecule has 0 saturated carbocycles. The van der Waals surface area contributed by atoms with Gasteiger partial charge in [-0.15, -0.1) is 0 Å². The second-order valence-corrected chi connectivity index (χ2v) is 9.38. The average molecular weight is 504 g/mol. The summed E-state index contributed by atoms with van der Waals surface area (Å²) in [5, 5.41) is 0. The molecule has 0 bridgehead atoms. The van der Waals surface area contributed by atoms with Crippen LogP contribution in [0.3, 0.4) is 0 Å². The third kappa shape index (κ3) is 4.88. The average Bonchev–Trinajstić information content (AvgIpc) is 3.19. The van der Waals surface area contributed by atoms with E-state index >= 15 is 0 Å². The summed E-state index contributed by atoms with van der Waals surface area (Å²) in [5.74, 6) is -1.31. The fraction of sp³-hybridized carbons (Fsp3) is 0.458. The zero-order valence-electron chi connectivity index (χ0n) is 18.8. The quantitative estimate of drug-likeness (QED) is 0.566. The largest absolute Gasteiger partial charge is 0.416 e. The Morgan fingerprint density at radius 3 is 2.09 bits per heavy atom. The molecule has 190 valence electrons. The molecule has 1 amide bonds. The van der Waals surface area contributed by atoms with Gasteiger partial charge in [0.15, 0.2) is 0 Å². The van der Waals surface area contributed by atoms with Crippen LogP contribution in [0, 0.1) is 5.82 Å². The maximum Gasteiger partial charge on any atom is 0.416 e. The Hall–Kier alpha value is -2.66. The van der Waals surface area contributed by atoms with Crippen LogP contribution in [-0.2, 0) is 21.9 Å². The van der Waals surface area contributed by atoms with Crippen molar-refractivity contribution in [1.82, 2.24) is 4.90 Å². The Morgan fingerprint density at radius 1 is 1.03 bits per heavy atom. The number of nitrogens with zero attached hydrogens (tertiary/aromatic N) is 1. The molecule has 0 aliphatic carbocycles. The molecule has 5 atom stereocenters. The topological polar surface area (TPSA) is 55.6 Å². The number of nitrogens with two attached hydrogens (primary N) is 1. The molecular weight excluding hydrogens is 481 g/mol. The molecule has 2 aromatic carbocycles. The van der Waals surface area contributed by atoms with Crippen molar-refractivity contribution in [2.45, 2.75) is 62.3 Å². The van der Waals surface area contributed by atoms with Crippen LogP contribution in [-0.4, -0.2) is 35.0 Å². The molecule has 2 aromatic rings. The lowest BCUT2D eigenvalue weighted by atomic mass is 9.85. The lowest BCUT2D eigenvalue weighted by Crippen LogP contribution is -2.46. The van der Waals surface area contributed by atoms with Crippen LogP contribution in [0.5, 0.6) is 0 Å². The molecule has 0 unspecified atom stereocenters. The Labute approximate surface area is 196 Å². The molecule has 11 heteroatoms. The summed E-state index contributed by atoms with van der Waals surface area (Å²) in [5.41, 5.74) is 2.46. The zero-order chi connectivity index (χ0) is 25.9. The van der Waals surface area contributed by atoms with Crippen LogP contribution in [0.15, 0.2) is 42.5 Å². The van der Waals surface area contributed by atoms with Gasteiger partial charge in [-0.1, -0.05) is 12.1 Å². The number of fused-ring (bicyclic) bond motifs is 1. The Balaban J connectivity index is 1.68. The van der Waals surface area contributed by atoms with Crippen LogP contribution in [0.2, 0.25) is 0 Å². The van der Waals surface area contributed by atoms with Crippen molar-refractivity contribution in [3.8, 4) is 0 Å². The van der Waals surface area contributed by atoms with Crippen molar-refractivity contribution in [2.75, 3.05) is 6.54 Å². The van der Waals surface area contributed by atoms with Gasteiger partial charge >= 0.3 is 12.4 Å². The molecule has 2 saturated heterocycles. The van der Waals surface area contributed by atoms with E-state index in [9.17, 15) is 35.5 Å². The van der Waals surface area contributed by atoms with E-state index in [1.807, 2.05) is 0 Å². The minimum atomic E-state index is -4.99. The number of hydrogen-bond donors (Lipinski definition) is 1. The standard InChI is InChI=1S/C24H23F7N2O2/c1-12(14-7-15(23(26,27)28)9-16(8-14)24(29,30)31)35-19-11-33-18(10-22(2,32)21(33)34)20(19)13-3-5-17(25)6-4-13/h3-9,12,18-20H,10-11,32H2,1-2H3/t12-,18+,19+,20+,22+/m1/s1. The Kier molecular flexibility index (Phi) is 6.16. The summed E-state index contributed by atoms with van der Waals surface area (Å²) in [6.07, 6.45) is -11.6. The van der Waals surface area contributed by atoms with Gasteiger partial charge in [-0.05, 0) is 61.7 Å². The second-order valence-electron chi connectivity index (χ2n) is 9.38. The van der Waals surface area contributed by atoms with Gasteiger partial charge in [-0.3, -0.25) is 4.79 Å². The zero-order valence-corrected chi connectivity index (χ0v) is 18.8. The fourth-order valence-corrected chi connectivity index (χ4v) is 5.01. The molecule has 2 aliphatic heterocycles. The SMILES string of the molecule is C[C@@H](O[C@H]1CN2C(=O)[C@@](C)(N)C[C@H]2[C@@H]1c1ccc(F)cc1)c1cc(C(F)(F)F)cc(C(F)(F)F)c1. The third-order valence-electron chi connectivity index (χ3n) is 6.69. The molecule has 2 fully saturated rings. The first-order chi connectivity index (χ1) is 16.1. The first-order valence-corrected chi connectivity index (χ1v) is 10.9. The van der Waals surface area contributed by atoms with E-state index < -0.39 is 59.0 Å². The number of benzene rings is 2. The van der Waals surface area contributed by atoms with Crippen molar-refractivity contribution in [1.29, 1.82) is 0 Å². The van der Waals surface area contributed by atoms with Gasteiger partial charge in [-0.2, -0.15) is 26.3 Å². The fourth-order valence-electron chi connectivity index (χ4n) is 5.01. The highest BCUT2D eigenvalue weighted by Gasteiger charge is 2.56. The van der Waals surface area contributed by atoms with Crippen LogP contribution < -0.4 is 5.73 Å². The predicted octanol–water partition coefficient (Wildman–Crippen LogP) is 5.43. The minimum Gasteiger partial charge on any atom is -0.368 e. The molecule has 2 N–H and O–H groups in total. The summed E-state index contributed by atoms with van der Waals surface area (Å²) < 4.78 is 99.3. The van der Waals surface area contributed by atoms with Gasteiger partial charge in [0.05, 0.1) is 28.9 Å². The van der Waals surface area contributed by atoms with E-state index in [2.05, 4.69) is 0 Å². The molecule has 4 nitrogen and oxygen atoms in total. The van der Waals surface area contributed by atoms with Crippen molar-refractivity contribution >= 4 is 5.91 Å². The highest BCUT2D eigenvalue weighted by atomic mass is 19.4. The number of ether oxygens (including phenoxy) is 1. The number of halogens is 7. The molecule has 0 radical (unpaired) electrons. The van der Waals surface area contributed by atoms with E-state index in [0.29, 0.717) is 17.7 Å². The number of carbonyl (C=O) groups is 1. The van der Waals surface area contributed by atoms with Crippen LogP contribution in [0.4, 0.5) is 30.7 Å². The number of alkyl halides is 6. The molecule has 0 aromatic heterocycles. The molecule has 2 heterocycles. The van der Waals surface area contributed by atoms with Crippen LogP contribution >= 0.6 is 0 Å². The number of amides is 1. The van der Waals surface area contributed by atoms with E-state index in [0.717, 1.165) is 0 Å². The summed E-state index contributed by atoms with van der Waals surface area (Å²) in [7, 11) is 0. The smallest absolute Gasteiger partial charge is 0.368 e. The van der Waals surface area contributed by atoms with Gasteiger partial charge in [0.2, 0.25) is 5.91 Å². The number of rotatable bonds is 4. The van der Waals surface area contributed by atoms with Gasteiger partial charge < -0.3 is 15.4 Å². The van der Waals surface area contributed by atoms with Crippen molar-refractivity contribution in [3.05, 3.63) is 70.5 Å². The third-order valence-corrected chi connectivity index (χ3v) is 6.69. The summed E-state index contributed by atoms with van der Waals surface area (Å²) in [6, 6.07) is 6.42. The molecular formula is C24H23F7N2O2. The normalized spacial score (nSPS) is 27.9. The van der Waals surface area contributed by atoms with Gasteiger partial charge in [0.25, 0.3) is 0 Å². The lowest BCUT2D eigenvalue weighted by Gasteiger charge is -2.28. The molecule has 4 rings (SSSR count). The number of carbonyl (C=O) groups excluding carboxylic acids is 1. The first-order valence-electron chi connectivity index (χ1n) is 10.9. The van der Waals surface area contributed by atoms with Gasteiger partial charge in [0.1, 0.15) is 5.82 Å². The van der Waals surface area contributed by atoms with E-state index in [1.54, 1.807) is 6.92 Å². The van der Waals surface area contributed by atoms with E-state index in [-0.39, 0.29) is 30.5 Å². The van der Waals surface area contributed by atoms with Crippen molar-refractivity contribution in [2.24, 2.45) is 5.73 Å². The number of hydrogen-bond acceptors (Lipinski definition) is 3. The molecule has 2 aliphatic rings. The molecule has 35 heavy (non-hydrogen) atoms. The maximum absolute atomic E-state index is 13.5. The van der Waals surface area contributed by atoms with Gasteiger partial charge in [0, 0.05) is 18.5 Å². The second kappa shape index (κ2) is 8.48. The lowest BCUT2D eigenvalue weighted by molar-refractivity contribution is -0.143. The summed E-state index contributed by atoms with van der Waals surface area (Å²) >= 11 is 0. The van der Waals surface area contributed by atoms with E-state index in [1.165, 1.54) is 36.1 Å². The summed E-state index contributed by atoms with van der Waals surface area (Å²) in [4.78, 5) is 14.3. The monoisotopic (exact) mass is 504 g/mol. The van der Waals surface area contributed by atoms with Crippen LogP contribution in [0.1, 0.15) is 54.5 Å². The van der Waals surface area contributed by atoms with Crippen LogP contribution in [0.25, 0.3) is 0 Å². The van der Waals surface area contributed by atoms with Crippen molar-refractivity contribution in [3.63, 3.8) is 0 Å². The van der Waals surface area contributed by atoms with Gasteiger partial charge in [-0.25, -0.2) is 4.39 Å². The summed E-state index contributed by atoms with van der Waals surface area (Å²) in [6.45, 7) is 3.00. The van der Waals surface area contributed by atoms with E-state index in [4.69, 9.17) is 10.5 Å². The van der Waals surface area contributed by atoms with Crippen molar-refractivity contribution < 1.29 is 40.3 Å². The highest BCUT2D eigenvalue weighted by molar-refractivity contribution is 5.89. The highest BCUT2D eigenvalue weighted by Crippen LogP contribution is 2.46. The Morgan fingerprint density at radius 2 is 1.57 bits per heavy atom. The maximum atomic E-state index is 13.5. The Bertz CT molecular complexity index is 1080. The predicted molar refractivity (Wildman–Crippen MR) is 112 cm³/mol.